The van der Waals surface area contributed by atoms with Gasteiger partial charge in [0, 0.05) is 12.5 Å². The summed E-state index contributed by atoms with van der Waals surface area (Å²) in [5.74, 6) is 3.95. The molecule has 7 atom stereocenters. The second kappa shape index (κ2) is 9.67. The summed E-state index contributed by atoms with van der Waals surface area (Å²) in [7, 11) is 0. The quantitative estimate of drug-likeness (QED) is 0.419. The largest absolute Gasteiger partial charge is 0.374 e. The first-order valence-electron chi connectivity index (χ1n) is 15.6. The van der Waals surface area contributed by atoms with Crippen LogP contribution in [-0.2, 0) is 4.74 Å². The van der Waals surface area contributed by atoms with E-state index in [1.165, 1.54) is 76.2 Å². The number of fused-ring (bicyclic) bond motifs is 4. The van der Waals surface area contributed by atoms with Crippen molar-refractivity contribution in [3.05, 3.63) is 52.6 Å². The highest BCUT2D eigenvalue weighted by atomic mass is 16.5. The van der Waals surface area contributed by atoms with Gasteiger partial charge in [0.15, 0.2) is 0 Å². The maximum Gasteiger partial charge on any atom is 0.0691 e. The van der Waals surface area contributed by atoms with Crippen molar-refractivity contribution in [2.24, 2.45) is 40.2 Å². The lowest BCUT2D eigenvalue weighted by Gasteiger charge is -2.56. The summed E-state index contributed by atoms with van der Waals surface area (Å²) in [4.78, 5) is 0. The van der Waals surface area contributed by atoms with Gasteiger partial charge in [-0.15, -0.1) is 0 Å². The number of benzene rings is 1. The van der Waals surface area contributed by atoms with E-state index >= 15 is 0 Å². The van der Waals surface area contributed by atoms with E-state index in [0.717, 1.165) is 30.3 Å². The van der Waals surface area contributed by atoms with Crippen LogP contribution in [0.5, 0.6) is 0 Å². The first-order chi connectivity index (χ1) is 17.8. The van der Waals surface area contributed by atoms with Crippen molar-refractivity contribution in [3.63, 3.8) is 0 Å². The normalized spacial score (nSPS) is 41.1. The molecule has 0 bridgehead atoms. The van der Waals surface area contributed by atoms with Crippen LogP contribution in [0.1, 0.15) is 115 Å². The van der Waals surface area contributed by atoms with Gasteiger partial charge < -0.3 is 10.5 Å². The lowest BCUT2D eigenvalue weighted by atomic mass is 9.50. The van der Waals surface area contributed by atoms with Crippen LogP contribution in [0.4, 0.5) is 0 Å². The summed E-state index contributed by atoms with van der Waals surface area (Å²) in [5, 5.41) is 0. The molecule has 6 rings (SSSR count). The van der Waals surface area contributed by atoms with Crippen LogP contribution >= 0.6 is 0 Å². The fourth-order valence-electron chi connectivity index (χ4n) is 9.87. The van der Waals surface area contributed by atoms with Crippen molar-refractivity contribution in [3.8, 4) is 0 Å². The molecule has 1 aromatic rings. The van der Waals surface area contributed by atoms with Crippen molar-refractivity contribution in [1.29, 1.82) is 0 Å². The summed E-state index contributed by atoms with van der Waals surface area (Å²) < 4.78 is 6.74. The highest BCUT2D eigenvalue weighted by molar-refractivity contribution is 5.51. The van der Waals surface area contributed by atoms with Crippen LogP contribution < -0.4 is 5.73 Å². The Morgan fingerprint density at radius 1 is 0.973 bits per heavy atom. The third kappa shape index (κ3) is 4.49. The fraction of sp³-hybridized carbons (Fsp3) is 0.714. The number of hydrogen-bond acceptors (Lipinski definition) is 2. The Hall–Kier alpha value is -1.38. The lowest BCUT2D eigenvalue weighted by Crippen LogP contribution is -2.49. The Morgan fingerprint density at radius 3 is 2.49 bits per heavy atom. The zero-order valence-electron chi connectivity index (χ0n) is 24.0. The van der Waals surface area contributed by atoms with E-state index in [1.807, 2.05) is 11.1 Å². The van der Waals surface area contributed by atoms with Crippen LogP contribution in [-0.4, -0.2) is 18.8 Å². The van der Waals surface area contributed by atoms with Gasteiger partial charge in [-0.25, -0.2) is 0 Å². The molecule has 1 saturated heterocycles. The summed E-state index contributed by atoms with van der Waals surface area (Å²) >= 11 is 0. The molecule has 0 amide bonds. The maximum atomic E-state index is 6.74. The molecule has 0 aromatic heterocycles. The molecule has 1 heterocycles. The van der Waals surface area contributed by atoms with Gasteiger partial charge in [-0.05, 0) is 110 Å². The average molecular weight is 502 g/mol. The predicted molar refractivity (Wildman–Crippen MR) is 155 cm³/mol. The van der Waals surface area contributed by atoms with Crippen LogP contribution in [0.15, 0.2) is 41.5 Å². The zero-order valence-corrected chi connectivity index (χ0v) is 24.0. The first-order valence-corrected chi connectivity index (χ1v) is 15.6. The molecule has 2 nitrogen and oxygen atoms in total. The molecule has 1 aliphatic heterocycles. The molecule has 37 heavy (non-hydrogen) atoms. The molecule has 1 spiro atoms. The second-order valence-electron chi connectivity index (χ2n) is 14.6. The minimum atomic E-state index is 0.160. The maximum absolute atomic E-state index is 6.74. The number of hydrogen-bond donors (Lipinski definition) is 1. The third-order valence-corrected chi connectivity index (χ3v) is 12.0. The topological polar surface area (TPSA) is 35.2 Å². The van der Waals surface area contributed by atoms with E-state index in [4.69, 9.17) is 10.5 Å². The van der Waals surface area contributed by atoms with Crippen molar-refractivity contribution in [1.82, 2.24) is 0 Å². The average Bonchev–Trinajstić information content (AvgIpc) is 3.25. The molecule has 3 saturated carbocycles. The van der Waals surface area contributed by atoms with Gasteiger partial charge in [-0.2, -0.15) is 0 Å². The van der Waals surface area contributed by atoms with Crippen LogP contribution in [0, 0.1) is 34.5 Å². The summed E-state index contributed by atoms with van der Waals surface area (Å²) in [6.45, 7) is 11.4. The van der Waals surface area contributed by atoms with Gasteiger partial charge in [-0.1, -0.05) is 81.7 Å². The number of allylic oxidation sites excluding steroid dienone is 2. The molecule has 4 fully saturated rings. The summed E-state index contributed by atoms with van der Waals surface area (Å²) in [6, 6.07) is 9.56. The Bertz CT molecular complexity index is 1040. The van der Waals surface area contributed by atoms with E-state index in [9.17, 15) is 0 Å². The molecule has 5 aliphatic rings. The Labute approximate surface area is 226 Å². The molecule has 2 N–H and O–H groups in total. The SMILES string of the molecule is CCC1CCC2C3CCC4CC5(CCC4=C3C(c3ccc(/C=C/CN)cc3)CC12C)CCC(C)(C)CO5. The highest BCUT2D eigenvalue weighted by Gasteiger charge is 2.57. The minimum Gasteiger partial charge on any atom is -0.374 e. The van der Waals surface area contributed by atoms with Crippen molar-refractivity contribution in [2.45, 2.75) is 110 Å². The van der Waals surface area contributed by atoms with Crippen molar-refractivity contribution < 1.29 is 4.74 Å². The van der Waals surface area contributed by atoms with Gasteiger partial charge in [-0.3, -0.25) is 0 Å². The third-order valence-electron chi connectivity index (χ3n) is 12.0. The van der Waals surface area contributed by atoms with E-state index in [-0.39, 0.29) is 5.60 Å². The zero-order chi connectivity index (χ0) is 25.8. The van der Waals surface area contributed by atoms with Crippen molar-refractivity contribution >= 4 is 6.08 Å². The lowest BCUT2D eigenvalue weighted by molar-refractivity contribution is -0.144. The number of ether oxygens (including phenoxy) is 1. The fourth-order valence-corrected chi connectivity index (χ4v) is 9.87. The standard InChI is InChI=1S/C35H51NO/c1-5-27-13-15-31-29-14-12-26-21-35(19-18-33(2,3)23-37-35)17-16-28(26)32(29)30(22-34(27,31)4)25-10-8-24(9-11-25)7-6-20-36/h6-11,26-27,29-31H,5,12-23,36H2,1-4H3/b7-6+. The minimum absolute atomic E-state index is 0.160. The molecule has 0 radical (unpaired) electrons. The smallest absolute Gasteiger partial charge is 0.0691 e. The Kier molecular flexibility index (Phi) is 6.76. The van der Waals surface area contributed by atoms with Gasteiger partial charge in [0.1, 0.15) is 0 Å². The molecule has 7 unspecified atom stereocenters. The molecule has 1 aromatic carbocycles. The summed E-state index contributed by atoms with van der Waals surface area (Å²) in [6.07, 6.45) is 19.0. The van der Waals surface area contributed by atoms with E-state index in [2.05, 4.69) is 64.1 Å². The highest BCUT2D eigenvalue weighted by Crippen LogP contribution is 2.67. The summed E-state index contributed by atoms with van der Waals surface area (Å²) in [5.41, 5.74) is 13.3. The van der Waals surface area contributed by atoms with E-state index in [1.54, 1.807) is 5.56 Å². The number of rotatable bonds is 4. The Balaban J connectivity index is 1.36. The number of nitrogens with two attached hydrogens (primary N) is 1. The van der Waals surface area contributed by atoms with E-state index < -0.39 is 0 Å². The predicted octanol–water partition coefficient (Wildman–Crippen LogP) is 8.67. The molecular formula is C35H51NO. The van der Waals surface area contributed by atoms with Gasteiger partial charge in [0.2, 0.25) is 0 Å². The van der Waals surface area contributed by atoms with Gasteiger partial charge in [0.05, 0.1) is 12.2 Å². The van der Waals surface area contributed by atoms with Crippen LogP contribution in [0.3, 0.4) is 0 Å². The molecule has 2 heteroatoms. The van der Waals surface area contributed by atoms with Gasteiger partial charge in [0.25, 0.3) is 0 Å². The van der Waals surface area contributed by atoms with Crippen LogP contribution in [0.2, 0.25) is 0 Å². The van der Waals surface area contributed by atoms with Crippen LogP contribution in [0.25, 0.3) is 6.08 Å². The molecule has 202 valence electrons. The first kappa shape index (κ1) is 25.9. The van der Waals surface area contributed by atoms with E-state index in [0.29, 0.717) is 23.3 Å². The van der Waals surface area contributed by atoms with Crippen molar-refractivity contribution in [2.75, 3.05) is 13.2 Å². The molecule has 4 aliphatic carbocycles. The monoisotopic (exact) mass is 501 g/mol. The van der Waals surface area contributed by atoms with Gasteiger partial charge >= 0.3 is 0 Å². The molecular weight excluding hydrogens is 450 g/mol. The second-order valence-corrected chi connectivity index (χ2v) is 14.6. The Morgan fingerprint density at radius 2 is 1.78 bits per heavy atom.